The molecule has 0 bridgehead atoms. The van der Waals surface area contributed by atoms with Gasteiger partial charge in [-0.15, -0.1) is 0 Å². The minimum atomic E-state index is -3.53. The van der Waals surface area contributed by atoms with Crippen LogP contribution in [-0.2, 0) is 10.0 Å². The first-order valence-corrected chi connectivity index (χ1v) is 9.57. The molecule has 0 amide bonds. The second kappa shape index (κ2) is 7.63. The molecule has 0 saturated carbocycles. The minimum absolute atomic E-state index is 0.233. The first kappa shape index (κ1) is 18.0. The van der Waals surface area contributed by atoms with Crippen molar-refractivity contribution in [2.45, 2.75) is 18.7 Å². The van der Waals surface area contributed by atoms with Crippen LogP contribution in [0.1, 0.15) is 11.1 Å². The van der Waals surface area contributed by atoms with Gasteiger partial charge >= 0.3 is 0 Å². The van der Waals surface area contributed by atoms with E-state index in [1.165, 1.54) is 6.33 Å². The third-order valence-electron chi connectivity index (χ3n) is 3.90. The molecule has 0 spiro atoms. The largest absolute Gasteiger partial charge is 0.369 e. The zero-order valence-corrected chi connectivity index (χ0v) is 15.4. The molecule has 9 heteroatoms. The molecule has 3 rings (SSSR count). The van der Waals surface area contributed by atoms with E-state index in [4.69, 9.17) is 0 Å². The maximum Gasteiger partial charge on any atom is 0.240 e. The first-order valence-electron chi connectivity index (χ1n) is 8.08. The molecule has 0 atom stereocenters. The Bertz CT molecular complexity index is 986. The average molecular weight is 372 g/mol. The minimum Gasteiger partial charge on any atom is -0.369 e. The highest BCUT2D eigenvalue weighted by Crippen LogP contribution is 2.14. The molecule has 2 N–H and O–H groups in total. The van der Waals surface area contributed by atoms with Gasteiger partial charge in [0.1, 0.15) is 12.1 Å². The van der Waals surface area contributed by atoms with Crippen molar-refractivity contribution < 1.29 is 8.42 Å². The number of rotatable bonds is 7. The van der Waals surface area contributed by atoms with Gasteiger partial charge in [0.25, 0.3) is 0 Å². The van der Waals surface area contributed by atoms with E-state index in [2.05, 4.69) is 25.1 Å². The molecule has 0 aliphatic carbocycles. The standard InChI is InChI=1S/C17H20N6O2S/c1-13-4-5-15(10-14(13)2)26(24,25)22-8-7-18-16-11-17(20-12-19-16)23-9-3-6-21-23/h3-6,9-12,22H,7-8H2,1-2H3,(H,18,19,20). The molecular formula is C17H20N6O2S. The number of hydrogen-bond donors (Lipinski definition) is 2. The Balaban J connectivity index is 1.57. The molecule has 8 nitrogen and oxygen atoms in total. The van der Waals surface area contributed by atoms with Gasteiger partial charge in [-0.25, -0.2) is 27.8 Å². The van der Waals surface area contributed by atoms with Gasteiger partial charge in [0, 0.05) is 31.5 Å². The van der Waals surface area contributed by atoms with Gasteiger partial charge in [-0.1, -0.05) is 6.07 Å². The van der Waals surface area contributed by atoms with Crippen LogP contribution in [0.4, 0.5) is 5.82 Å². The fourth-order valence-electron chi connectivity index (χ4n) is 2.31. The van der Waals surface area contributed by atoms with Crippen LogP contribution in [0.2, 0.25) is 0 Å². The highest BCUT2D eigenvalue weighted by Gasteiger charge is 2.13. The molecule has 136 valence electrons. The van der Waals surface area contributed by atoms with Crippen molar-refractivity contribution in [2.24, 2.45) is 0 Å². The Morgan fingerprint density at radius 3 is 2.65 bits per heavy atom. The maximum atomic E-state index is 12.3. The number of nitrogens with one attached hydrogen (secondary N) is 2. The lowest BCUT2D eigenvalue weighted by molar-refractivity contribution is 0.582. The van der Waals surface area contributed by atoms with Gasteiger partial charge < -0.3 is 5.32 Å². The molecule has 2 aromatic heterocycles. The average Bonchev–Trinajstić information content (AvgIpc) is 3.16. The van der Waals surface area contributed by atoms with Gasteiger partial charge in [-0.2, -0.15) is 5.10 Å². The summed E-state index contributed by atoms with van der Waals surface area (Å²) in [7, 11) is -3.53. The van der Waals surface area contributed by atoms with Gasteiger partial charge in [-0.3, -0.25) is 0 Å². The van der Waals surface area contributed by atoms with Crippen LogP contribution in [0.5, 0.6) is 0 Å². The topological polar surface area (TPSA) is 102 Å². The molecule has 0 aliphatic rings. The van der Waals surface area contributed by atoms with Crippen LogP contribution in [0, 0.1) is 13.8 Å². The molecule has 0 saturated heterocycles. The lowest BCUT2D eigenvalue weighted by Crippen LogP contribution is -2.29. The number of sulfonamides is 1. The van der Waals surface area contributed by atoms with Crippen LogP contribution in [0.3, 0.4) is 0 Å². The van der Waals surface area contributed by atoms with Crippen LogP contribution >= 0.6 is 0 Å². The summed E-state index contributed by atoms with van der Waals surface area (Å²) in [5, 5.41) is 7.18. The number of nitrogens with zero attached hydrogens (tertiary/aromatic N) is 4. The summed E-state index contributed by atoms with van der Waals surface area (Å²) in [5.41, 5.74) is 2.00. The highest BCUT2D eigenvalue weighted by atomic mass is 32.2. The molecule has 3 aromatic rings. The Labute approximate surface area is 152 Å². The summed E-state index contributed by atoms with van der Waals surface area (Å²) in [6, 6.07) is 8.63. The van der Waals surface area contributed by atoms with Crippen molar-refractivity contribution in [1.29, 1.82) is 0 Å². The maximum absolute atomic E-state index is 12.3. The third kappa shape index (κ3) is 4.24. The monoisotopic (exact) mass is 372 g/mol. The number of benzene rings is 1. The molecular weight excluding hydrogens is 352 g/mol. The molecule has 0 fully saturated rings. The SMILES string of the molecule is Cc1ccc(S(=O)(=O)NCCNc2cc(-n3cccn3)ncn2)cc1C. The van der Waals surface area contributed by atoms with Crippen LogP contribution in [0.15, 0.2) is 53.9 Å². The Hall–Kier alpha value is -2.78. The van der Waals surface area contributed by atoms with Crippen molar-refractivity contribution in [3.63, 3.8) is 0 Å². The molecule has 2 heterocycles. The van der Waals surface area contributed by atoms with Crippen molar-refractivity contribution in [2.75, 3.05) is 18.4 Å². The smallest absolute Gasteiger partial charge is 0.240 e. The molecule has 0 unspecified atom stereocenters. The van der Waals surface area contributed by atoms with E-state index in [1.807, 2.05) is 13.8 Å². The summed E-state index contributed by atoms with van der Waals surface area (Å²) in [4.78, 5) is 8.53. The van der Waals surface area contributed by atoms with E-state index in [-0.39, 0.29) is 11.4 Å². The van der Waals surface area contributed by atoms with Crippen molar-refractivity contribution in [3.05, 3.63) is 60.2 Å². The lowest BCUT2D eigenvalue weighted by Gasteiger charge is -2.10. The van der Waals surface area contributed by atoms with E-state index >= 15 is 0 Å². The zero-order chi connectivity index (χ0) is 18.6. The second-order valence-corrected chi connectivity index (χ2v) is 7.55. The van der Waals surface area contributed by atoms with Crippen molar-refractivity contribution in [1.82, 2.24) is 24.5 Å². The summed E-state index contributed by atoms with van der Waals surface area (Å²) in [6.07, 6.45) is 4.87. The Kier molecular flexibility index (Phi) is 5.29. The summed E-state index contributed by atoms with van der Waals surface area (Å²) in [6.45, 7) is 4.46. The van der Waals surface area contributed by atoms with E-state index in [0.29, 0.717) is 18.2 Å². The summed E-state index contributed by atoms with van der Waals surface area (Å²) >= 11 is 0. The zero-order valence-electron chi connectivity index (χ0n) is 14.5. The Morgan fingerprint density at radius 1 is 1.08 bits per heavy atom. The third-order valence-corrected chi connectivity index (χ3v) is 5.36. The first-order chi connectivity index (χ1) is 12.5. The van der Waals surface area contributed by atoms with Gasteiger partial charge in [-0.05, 0) is 43.2 Å². The lowest BCUT2D eigenvalue weighted by atomic mass is 10.1. The van der Waals surface area contributed by atoms with Gasteiger partial charge in [0.15, 0.2) is 5.82 Å². The van der Waals surface area contributed by atoms with E-state index in [1.54, 1.807) is 47.4 Å². The fourth-order valence-corrected chi connectivity index (χ4v) is 3.43. The van der Waals surface area contributed by atoms with Crippen LogP contribution in [-0.4, -0.2) is 41.3 Å². The molecule has 26 heavy (non-hydrogen) atoms. The second-order valence-electron chi connectivity index (χ2n) is 5.78. The molecule has 0 radical (unpaired) electrons. The van der Waals surface area contributed by atoms with Gasteiger partial charge in [0.2, 0.25) is 10.0 Å². The predicted molar refractivity (Wildman–Crippen MR) is 98.7 cm³/mol. The highest BCUT2D eigenvalue weighted by molar-refractivity contribution is 7.89. The van der Waals surface area contributed by atoms with Crippen molar-refractivity contribution in [3.8, 4) is 5.82 Å². The Morgan fingerprint density at radius 2 is 1.92 bits per heavy atom. The quantitative estimate of drug-likeness (QED) is 0.612. The predicted octanol–water partition coefficient (Wildman–Crippen LogP) is 1.67. The fraction of sp³-hybridized carbons (Fsp3) is 0.235. The molecule has 0 aliphatic heterocycles. The number of aromatic nitrogens is 4. The number of hydrogen-bond acceptors (Lipinski definition) is 6. The normalized spacial score (nSPS) is 11.5. The van der Waals surface area contributed by atoms with Crippen LogP contribution < -0.4 is 10.0 Å². The van der Waals surface area contributed by atoms with Crippen LogP contribution in [0.25, 0.3) is 5.82 Å². The summed E-state index contributed by atoms with van der Waals surface area (Å²) in [5.74, 6) is 1.22. The van der Waals surface area contributed by atoms with E-state index in [0.717, 1.165) is 11.1 Å². The van der Waals surface area contributed by atoms with Crippen molar-refractivity contribution >= 4 is 15.8 Å². The van der Waals surface area contributed by atoms with E-state index in [9.17, 15) is 8.42 Å². The molecule has 1 aromatic carbocycles. The number of aryl methyl sites for hydroxylation is 2. The van der Waals surface area contributed by atoms with E-state index < -0.39 is 10.0 Å². The number of anilines is 1. The van der Waals surface area contributed by atoms with Gasteiger partial charge in [0.05, 0.1) is 4.90 Å². The summed E-state index contributed by atoms with van der Waals surface area (Å²) < 4.78 is 28.9.